The summed E-state index contributed by atoms with van der Waals surface area (Å²) in [5.74, 6) is 0.560. The number of benzene rings is 1. The minimum absolute atomic E-state index is 0.0240. The molecule has 116 valence electrons. The van der Waals surface area contributed by atoms with Gasteiger partial charge in [0.2, 0.25) is 0 Å². The van der Waals surface area contributed by atoms with Crippen LogP contribution in [0.3, 0.4) is 0 Å². The Bertz CT molecular complexity index is 687. The van der Waals surface area contributed by atoms with Gasteiger partial charge in [-0.3, -0.25) is 4.79 Å². The van der Waals surface area contributed by atoms with Crippen LogP contribution in [0.2, 0.25) is 0 Å². The van der Waals surface area contributed by atoms with E-state index in [0.717, 1.165) is 16.3 Å². The first-order valence-electron chi connectivity index (χ1n) is 6.96. The van der Waals surface area contributed by atoms with Gasteiger partial charge in [-0.2, -0.15) is 0 Å². The highest BCUT2D eigenvalue weighted by Gasteiger charge is 2.31. The second-order valence-corrected chi connectivity index (χ2v) is 7.47. The number of hydrogen-bond donors (Lipinski definition) is 1. The smallest absolute Gasteiger partial charge is 0.267 e. The number of carbonyl (C=O) groups is 1. The van der Waals surface area contributed by atoms with Crippen molar-refractivity contribution >= 4 is 29.0 Å². The van der Waals surface area contributed by atoms with Gasteiger partial charge in [-0.05, 0) is 31.2 Å². The Morgan fingerprint density at radius 2 is 2.18 bits per heavy atom. The number of nitrogens with zero attached hydrogens (tertiary/aromatic N) is 2. The maximum Gasteiger partial charge on any atom is 0.267 e. The Morgan fingerprint density at radius 1 is 1.45 bits per heavy atom. The van der Waals surface area contributed by atoms with Crippen LogP contribution in [0, 0.1) is 12.7 Å². The van der Waals surface area contributed by atoms with Crippen molar-refractivity contribution in [2.45, 2.75) is 12.3 Å². The number of thiazole rings is 1. The molecule has 7 heteroatoms. The van der Waals surface area contributed by atoms with Gasteiger partial charge in [0.15, 0.2) is 0 Å². The molecule has 1 aromatic heterocycles. The zero-order valence-electron chi connectivity index (χ0n) is 12.1. The molecule has 1 aliphatic rings. The number of thioether (sulfide) groups is 1. The zero-order chi connectivity index (χ0) is 15.7. The van der Waals surface area contributed by atoms with E-state index < -0.39 is 0 Å². The van der Waals surface area contributed by atoms with Crippen molar-refractivity contribution < 1.29 is 9.18 Å². The van der Waals surface area contributed by atoms with E-state index in [1.165, 1.54) is 23.5 Å². The van der Waals surface area contributed by atoms with Gasteiger partial charge >= 0.3 is 0 Å². The van der Waals surface area contributed by atoms with Crippen molar-refractivity contribution in [2.24, 2.45) is 5.73 Å². The van der Waals surface area contributed by atoms with E-state index in [1.807, 2.05) is 11.8 Å². The van der Waals surface area contributed by atoms with Gasteiger partial charge in [0.25, 0.3) is 5.91 Å². The maximum atomic E-state index is 13.1. The molecule has 1 unspecified atom stereocenters. The molecule has 2 aromatic rings. The van der Waals surface area contributed by atoms with E-state index in [-0.39, 0.29) is 17.1 Å². The lowest BCUT2D eigenvalue weighted by atomic mass is 10.1. The number of rotatable bonds is 3. The zero-order valence-corrected chi connectivity index (χ0v) is 13.7. The molecule has 1 saturated heterocycles. The van der Waals surface area contributed by atoms with Crippen LogP contribution >= 0.6 is 23.1 Å². The van der Waals surface area contributed by atoms with Crippen LogP contribution in [-0.2, 0) is 0 Å². The van der Waals surface area contributed by atoms with Crippen LogP contribution in [0.1, 0.15) is 14.7 Å². The molecule has 0 aliphatic carbocycles. The molecule has 0 bridgehead atoms. The maximum absolute atomic E-state index is 13.1. The van der Waals surface area contributed by atoms with E-state index in [9.17, 15) is 9.18 Å². The quantitative estimate of drug-likeness (QED) is 0.935. The summed E-state index contributed by atoms with van der Waals surface area (Å²) in [5.41, 5.74) is 7.12. The first-order chi connectivity index (χ1) is 10.6. The predicted molar refractivity (Wildman–Crippen MR) is 88.6 cm³/mol. The summed E-state index contributed by atoms with van der Waals surface area (Å²) in [6.07, 6.45) is 0. The highest BCUT2D eigenvalue weighted by Crippen LogP contribution is 2.32. The first kappa shape index (κ1) is 15.5. The standard InChI is InChI=1S/C15H16FN3OS2/c1-9-18-13(10-2-4-11(16)5-3-10)14(22-9)15(20)19-6-7-21-12(19)8-17/h2-5,12H,6-8,17H2,1H3. The number of aryl methyl sites for hydroxylation is 1. The van der Waals surface area contributed by atoms with Crippen molar-refractivity contribution in [1.82, 2.24) is 9.88 Å². The third-order valence-corrected chi connectivity index (χ3v) is 5.71. The van der Waals surface area contributed by atoms with Gasteiger partial charge in [0.1, 0.15) is 10.7 Å². The highest BCUT2D eigenvalue weighted by molar-refractivity contribution is 8.00. The fraction of sp³-hybridized carbons (Fsp3) is 0.333. The molecule has 0 saturated carbocycles. The number of carbonyl (C=O) groups excluding carboxylic acids is 1. The summed E-state index contributed by atoms with van der Waals surface area (Å²) in [6, 6.07) is 6.07. The van der Waals surface area contributed by atoms with Crippen molar-refractivity contribution in [1.29, 1.82) is 0 Å². The van der Waals surface area contributed by atoms with Gasteiger partial charge in [0.05, 0.1) is 16.1 Å². The third kappa shape index (κ3) is 2.88. The fourth-order valence-corrected chi connectivity index (χ4v) is 4.44. The lowest BCUT2D eigenvalue weighted by Crippen LogP contribution is -2.38. The Kier molecular flexibility index (Phi) is 4.46. The van der Waals surface area contributed by atoms with Gasteiger partial charge in [-0.25, -0.2) is 9.37 Å². The minimum Gasteiger partial charge on any atom is -0.328 e. The lowest BCUT2D eigenvalue weighted by molar-refractivity contribution is 0.0769. The molecule has 0 spiro atoms. The molecule has 1 aliphatic heterocycles. The van der Waals surface area contributed by atoms with E-state index >= 15 is 0 Å². The Morgan fingerprint density at radius 3 is 2.86 bits per heavy atom. The average Bonchev–Trinajstić information content (AvgIpc) is 3.13. The molecule has 1 amide bonds. The fourth-order valence-electron chi connectivity index (χ4n) is 2.45. The second-order valence-electron chi connectivity index (χ2n) is 4.98. The molecular weight excluding hydrogens is 321 g/mol. The van der Waals surface area contributed by atoms with Crippen molar-refractivity contribution in [3.8, 4) is 11.3 Å². The summed E-state index contributed by atoms with van der Waals surface area (Å²) in [6.45, 7) is 3.01. The Labute approximate surface area is 136 Å². The molecule has 22 heavy (non-hydrogen) atoms. The minimum atomic E-state index is -0.303. The largest absolute Gasteiger partial charge is 0.328 e. The number of halogens is 1. The summed E-state index contributed by atoms with van der Waals surface area (Å²) in [5, 5.41) is 0.842. The Balaban J connectivity index is 1.97. The van der Waals surface area contributed by atoms with E-state index in [1.54, 1.807) is 23.9 Å². The second kappa shape index (κ2) is 6.36. The number of hydrogen-bond acceptors (Lipinski definition) is 5. The summed E-state index contributed by atoms with van der Waals surface area (Å²) < 4.78 is 13.1. The van der Waals surface area contributed by atoms with Crippen LogP contribution in [0.15, 0.2) is 24.3 Å². The Hall–Kier alpha value is -1.44. The SMILES string of the molecule is Cc1nc(-c2ccc(F)cc2)c(C(=O)N2CCSC2CN)s1. The van der Waals surface area contributed by atoms with E-state index in [2.05, 4.69) is 4.98 Å². The molecule has 0 radical (unpaired) electrons. The average molecular weight is 337 g/mol. The van der Waals surface area contributed by atoms with Crippen LogP contribution in [0.4, 0.5) is 4.39 Å². The first-order valence-corrected chi connectivity index (χ1v) is 8.82. The lowest BCUT2D eigenvalue weighted by Gasteiger charge is -2.22. The van der Waals surface area contributed by atoms with Crippen LogP contribution in [0.25, 0.3) is 11.3 Å². The van der Waals surface area contributed by atoms with Crippen molar-refractivity contribution in [2.75, 3.05) is 18.8 Å². The van der Waals surface area contributed by atoms with Crippen LogP contribution in [-0.4, -0.2) is 40.0 Å². The molecule has 1 fully saturated rings. The van der Waals surface area contributed by atoms with Crippen LogP contribution < -0.4 is 5.73 Å². The highest BCUT2D eigenvalue weighted by atomic mass is 32.2. The van der Waals surface area contributed by atoms with E-state index in [4.69, 9.17) is 5.73 Å². The molecule has 1 aromatic carbocycles. The van der Waals surface area contributed by atoms with Gasteiger partial charge in [-0.1, -0.05) is 0 Å². The van der Waals surface area contributed by atoms with E-state index in [0.29, 0.717) is 23.7 Å². The normalized spacial score (nSPS) is 18.0. The molecule has 3 rings (SSSR count). The number of aromatic nitrogens is 1. The summed E-state index contributed by atoms with van der Waals surface area (Å²) in [7, 11) is 0. The van der Waals surface area contributed by atoms with Crippen molar-refractivity contribution in [3.05, 3.63) is 40.0 Å². The van der Waals surface area contributed by atoms with Gasteiger partial charge < -0.3 is 10.6 Å². The van der Waals surface area contributed by atoms with Gasteiger partial charge in [-0.15, -0.1) is 23.1 Å². The predicted octanol–water partition coefficient (Wildman–Crippen LogP) is 2.73. The number of amides is 1. The summed E-state index contributed by atoms with van der Waals surface area (Å²) in [4.78, 5) is 19.7. The van der Waals surface area contributed by atoms with Crippen molar-refractivity contribution in [3.63, 3.8) is 0 Å². The third-order valence-electron chi connectivity index (χ3n) is 3.50. The van der Waals surface area contributed by atoms with Gasteiger partial charge in [0, 0.05) is 24.4 Å². The number of nitrogens with two attached hydrogens (primary N) is 1. The summed E-state index contributed by atoms with van der Waals surface area (Å²) >= 11 is 3.07. The topological polar surface area (TPSA) is 59.2 Å². The molecule has 2 N–H and O–H groups in total. The molecule has 2 heterocycles. The molecule has 4 nitrogen and oxygen atoms in total. The molecule has 1 atom stereocenters. The van der Waals surface area contributed by atoms with Crippen LogP contribution in [0.5, 0.6) is 0 Å². The molecular formula is C15H16FN3OS2. The monoisotopic (exact) mass is 337 g/mol.